The maximum atomic E-state index is 13.0. The van der Waals surface area contributed by atoms with E-state index < -0.39 is 18.1 Å². The smallest absolute Gasteiger partial charge is 0.407 e. The molecular formula is C26H30N2O5. The second-order valence-corrected chi connectivity index (χ2v) is 9.13. The molecule has 7 heteroatoms. The Morgan fingerprint density at radius 3 is 2.18 bits per heavy atom. The second-order valence-electron chi connectivity index (χ2n) is 9.13. The minimum Gasteiger partial charge on any atom is -0.481 e. The Morgan fingerprint density at radius 2 is 1.64 bits per heavy atom. The van der Waals surface area contributed by atoms with E-state index in [9.17, 15) is 14.4 Å². The van der Waals surface area contributed by atoms with Crippen LogP contribution >= 0.6 is 0 Å². The van der Waals surface area contributed by atoms with Crippen LogP contribution in [0.2, 0.25) is 0 Å². The molecule has 2 N–H and O–H groups in total. The van der Waals surface area contributed by atoms with Gasteiger partial charge in [-0.05, 0) is 47.4 Å². The highest BCUT2D eigenvalue weighted by Gasteiger charge is 2.35. The number of rotatable bonds is 8. The summed E-state index contributed by atoms with van der Waals surface area (Å²) in [6.07, 6.45) is 0.924. The average molecular weight is 451 g/mol. The van der Waals surface area contributed by atoms with Crippen LogP contribution in [-0.4, -0.2) is 53.7 Å². The highest BCUT2D eigenvalue weighted by atomic mass is 16.5. The van der Waals surface area contributed by atoms with Crippen LogP contribution in [0, 0.1) is 5.92 Å². The molecule has 2 aromatic carbocycles. The third kappa shape index (κ3) is 4.87. The summed E-state index contributed by atoms with van der Waals surface area (Å²) in [4.78, 5) is 38.4. The third-order valence-electron chi connectivity index (χ3n) is 6.82. The van der Waals surface area contributed by atoms with Gasteiger partial charge in [-0.2, -0.15) is 0 Å². The first kappa shape index (κ1) is 22.8. The second kappa shape index (κ2) is 9.65. The number of alkyl carbamates (subject to hydrolysis) is 1. The number of carbonyl (C=O) groups excluding carboxylic acids is 2. The van der Waals surface area contributed by atoms with Gasteiger partial charge >= 0.3 is 12.1 Å². The lowest BCUT2D eigenvalue weighted by atomic mass is 9.81. The predicted octanol–water partition coefficient (Wildman–Crippen LogP) is 4.02. The number of carboxylic acid groups (broad SMARTS) is 1. The van der Waals surface area contributed by atoms with Gasteiger partial charge in [0.25, 0.3) is 0 Å². The number of nitrogens with zero attached hydrogens (tertiary/aromatic N) is 1. The van der Waals surface area contributed by atoms with E-state index in [4.69, 9.17) is 9.84 Å². The van der Waals surface area contributed by atoms with Crippen LogP contribution in [0.15, 0.2) is 48.5 Å². The fourth-order valence-corrected chi connectivity index (χ4v) is 4.91. The predicted molar refractivity (Wildman–Crippen MR) is 124 cm³/mol. The quantitative estimate of drug-likeness (QED) is 0.633. The van der Waals surface area contributed by atoms with E-state index in [-0.39, 0.29) is 37.3 Å². The number of amides is 2. The number of likely N-dealkylation sites (N-methyl/N-ethyl adjacent to an activating group) is 1. The third-order valence-corrected chi connectivity index (χ3v) is 6.82. The van der Waals surface area contributed by atoms with Gasteiger partial charge < -0.3 is 20.1 Å². The van der Waals surface area contributed by atoms with E-state index in [0.717, 1.165) is 35.1 Å². The molecule has 2 amide bonds. The van der Waals surface area contributed by atoms with Crippen LogP contribution in [0.1, 0.15) is 49.7 Å². The van der Waals surface area contributed by atoms with Gasteiger partial charge in [0.2, 0.25) is 5.91 Å². The molecule has 174 valence electrons. The Labute approximate surface area is 193 Å². The highest BCUT2D eigenvalue weighted by Crippen LogP contribution is 2.44. The summed E-state index contributed by atoms with van der Waals surface area (Å²) in [6, 6.07) is 15.3. The first-order valence-corrected chi connectivity index (χ1v) is 11.4. The Kier molecular flexibility index (Phi) is 6.67. The van der Waals surface area contributed by atoms with Crippen molar-refractivity contribution >= 4 is 18.0 Å². The number of fused-ring (bicyclic) bond motifs is 3. The van der Waals surface area contributed by atoms with Gasteiger partial charge in [-0.3, -0.25) is 9.59 Å². The van der Waals surface area contributed by atoms with Crippen molar-refractivity contribution in [3.8, 4) is 11.1 Å². The first-order valence-electron chi connectivity index (χ1n) is 11.4. The van der Waals surface area contributed by atoms with E-state index in [2.05, 4.69) is 24.4 Å². The molecule has 33 heavy (non-hydrogen) atoms. The van der Waals surface area contributed by atoms with Crippen molar-refractivity contribution in [3.63, 3.8) is 0 Å². The lowest BCUT2D eigenvalue weighted by Crippen LogP contribution is -2.53. The minimum absolute atomic E-state index is 0.0188. The summed E-state index contributed by atoms with van der Waals surface area (Å²) in [7, 11) is 1.71. The van der Waals surface area contributed by atoms with Crippen molar-refractivity contribution in [1.82, 2.24) is 10.2 Å². The summed E-state index contributed by atoms with van der Waals surface area (Å²) in [6.45, 7) is 2.27. The van der Waals surface area contributed by atoms with Crippen molar-refractivity contribution < 1.29 is 24.2 Å². The molecule has 1 saturated carbocycles. The molecule has 2 aliphatic rings. The van der Waals surface area contributed by atoms with Gasteiger partial charge in [0, 0.05) is 25.4 Å². The van der Waals surface area contributed by atoms with Crippen LogP contribution in [0.5, 0.6) is 0 Å². The largest absolute Gasteiger partial charge is 0.481 e. The molecule has 0 aliphatic heterocycles. The van der Waals surface area contributed by atoms with Crippen LogP contribution in [-0.2, 0) is 14.3 Å². The van der Waals surface area contributed by atoms with Crippen LogP contribution in [0.25, 0.3) is 11.1 Å². The molecule has 0 aromatic heterocycles. The van der Waals surface area contributed by atoms with E-state index in [0.29, 0.717) is 5.92 Å². The maximum Gasteiger partial charge on any atom is 0.407 e. The summed E-state index contributed by atoms with van der Waals surface area (Å²) in [5.74, 6) is -0.808. The normalized spacial score (nSPS) is 19.6. The molecule has 1 atom stereocenters. The zero-order chi connectivity index (χ0) is 23.5. The molecule has 7 nitrogen and oxygen atoms in total. The molecule has 0 bridgehead atoms. The molecule has 0 saturated heterocycles. The number of ether oxygens (including phenoxy) is 1. The number of carbonyl (C=O) groups is 3. The molecule has 0 radical (unpaired) electrons. The number of nitrogens with one attached hydrogen (secondary N) is 1. The van der Waals surface area contributed by atoms with Crippen molar-refractivity contribution in [2.45, 2.75) is 50.6 Å². The lowest BCUT2D eigenvalue weighted by Gasteiger charge is -2.40. The van der Waals surface area contributed by atoms with E-state index >= 15 is 0 Å². The van der Waals surface area contributed by atoms with Crippen molar-refractivity contribution in [3.05, 3.63) is 59.7 Å². The Morgan fingerprint density at radius 1 is 1.06 bits per heavy atom. The summed E-state index contributed by atoms with van der Waals surface area (Å²) < 4.78 is 5.56. The van der Waals surface area contributed by atoms with Crippen molar-refractivity contribution in [2.75, 3.05) is 13.7 Å². The number of benzene rings is 2. The average Bonchev–Trinajstić information content (AvgIpc) is 3.11. The monoisotopic (exact) mass is 450 g/mol. The summed E-state index contributed by atoms with van der Waals surface area (Å²) >= 11 is 0. The molecule has 1 unspecified atom stereocenters. The molecule has 2 aliphatic carbocycles. The topological polar surface area (TPSA) is 95.9 Å². The molecule has 2 aromatic rings. The van der Waals surface area contributed by atoms with Gasteiger partial charge in [-0.15, -0.1) is 0 Å². The summed E-state index contributed by atoms with van der Waals surface area (Å²) in [5.41, 5.74) is 4.47. The Hall–Kier alpha value is -3.35. The maximum absolute atomic E-state index is 13.0. The minimum atomic E-state index is -1.01. The zero-order valence-corrected chi connectivity index (χ0v) is 19.0. The number of hydrogen-bond acceptors (Lipinski definition) is 4. The Balaban J connectivity index is 1.41. The van der Waals surface area contributed by atoms with Gasteiger partial charge in [-0.1, -0.05) is 55.5 Å². The SMILES string of the molecule is CC1CC(N(C)C(=O)C(CCC(=O)O)NC(=O)OCC2c3ccccc3-c3ccccc32)C1. The first-order chi connectivity index (χ1) is 15.8. The number of aliphatic carboxylic acids is 1. The van der Waals surface area contributed by atoms with E-state index in [1.165, 1.54) is 0 Å². The van der Waals surface area contributed by atoms with Crippen molar-refractivity contribution in [2.24, 2.45) is 5.92 Å². The molecule has 1 fully saturated rings. The molecule has 0 spiro atoms. The Bertz CT molecular complexity index is 1000. The highest BCUT2D eigenvalue weighted by molar-refractivity contribution is 5.86. The molecular weight excluding hydrogens is 420 g/mol. The number of hydrogen-bond donors (Lipinski definition) is 2. The lowest BCUT2D eigenvalue weighted by molar-refractivity contribution is -0.139. The van der Waals surface area contributed by atoms with Gasteiger partial charge in [0.05, 0.1) is 0 Å². The van der Waals surface area contributed by atoms with Gasteiger partial charge in [0.1, 0.15) is 12.6 Å². The zero-order valence-electron chi connectivity index (χ0n) is 19.0. The fourth-order valence-electron chi connectivity index (χ4n) is 4.91. The van der Waals surface area contributed by atoms with Crippen LogP contribution < -0.4 is 5.32 Å². The van der Waals surface area contributed by atoms with E-state index in [1.54, 1.807) is 11.9 Å². The molecule has 0 heterocycles. The van der Waals surface area contributed by atoms with Gasteiger partial charge in [-0.25, -0.2) is 4.79 Å². The number of carboxylic acids is 1. The van der Waals surface area contributed by atoms with Crippen LogP contribution in [0.3, 0.4) is 0 Å². The van der Waals surface area contributed by atoms with Crippen LogP contribution in [0.4, 0.5) is 4.79 Å². The van der Waals surface area contributed by atoms with Crippen molar-refractivity contribution in [1.29, 1.82) is 0 Å². The fraction of sp³-hybridized carbons (Fsp3) is 0.423. The standard InChI is InChI=1S/C26H30N2O5/c1-16-13-17(14-16)28(2)25(31)23(11-12-24(29)30)27-26(32)33-15-22-20-9-5-3-7-18(20)19-8-4-6-10-21(19)22/h3-10,16-17,22-23H,11-15H2,1-2H3,(H,27,32)(H,29,30). The molecule has 4 rings (SSSR count). The van der Waals surface area contributed by atoms with E-state index in [1.807, 2.05) is 36.4 Å². The summed E-state index contributed by atoms with van der Waals surface area (Å²) in [5, 5.41) is 11.7. The van der Waals surface area contributed by atoms with Gasteiger partial charge in [0.15, 0.2) is 0 Å².